The third-order valence-corrected chi connectivity index (χ3v) is 4.66. The molecule has 0 aliphatic heterocycles. The van der Waals surface area contributed by atoms with Crippen molar-refractivity contribution in [1.82, 2.24) is 10.2 Å². The molecular formula is C22H28FN3O3. The Morgan fingerprint density at radius 2 is 1.90 bits per heavy atom. The second kappa shape index (κ2) is 11.2. The fraction of sp³-hybridized carbons (Fsp3) is 0.364. The van der Waals surface area contributed by atoms with Crippen LogP contribution < -0.4 is 15.4 Å². The summed E-state index contributed by atoms with van der Waals surface area (Å²) < 4.78 is 18.1. The lowest BCUT2D eigenvalue weighted by atomic mass is 10.1. The number of hydrogen-bond donors (Lipinski definition) is 2. The molecule has 6 nitrogen and oxygen atoms in total. The standard InChI is InChI=1S/C22H28FN3O3/c1-4-26(15-21(27)25-19-6-5-7-20(14-19)29-3)16(2)22(28)24-13-12-17-8-10-18(23)11-9-17/h5-11,14,16H,4,12-13,15H2,1-3H3,(H,24,28)(H,25,27). The van der Waals surface area contributed by atoms with Crippen LogP contribution in [0.15, 0.2) is 48.5 Å². The van der Waals surface area contributed by atoms with Gasteiger partial charge in [0.15, 0.2) is 0 Å². The monoisotopic (exact) mass is 401 g/mol. The number of methoxy groups -OCH3 is 1. The van der Waals surface area contributed by atoms with Gasteiger partial charge in [0.05, 0.1) is 19.7 Å². The molecule has 0 aromatic heterocycles. The molecule has 1 unspecified atom stereocenters. The van der Waals surface area contributed by atoms with Crippen LogP contribution in [0.1, 0.15) is 19.4 Å². The highest BCUT2D eigenvalue weighted by atomic mass is 19.1. The minimum atomic E-state index is -0.454. The number of halogens is 1. The number of nitrogens with zero attached hydrogens (tertiary/aromatic N) is 1. The summed E-state index contributed by atoms with van der Waals surface area (Å²) in [5.74, 6) is 0.0236. The average Bonchev–Trinajstić information content (AvgIpc) is 2.73. The van der Waals surface area contributed by atoms with Gasteiger partial charge in [-0.05, 0) is 49.7 Å². The molecule has 0 heterocycles. The zero-order valence-corrected chi connectivity index (χ0v) is 17.1. The number of hydrogen-bond acceptors (Lipinski definition) is 4. The molecule has 156 valence electrons. The van der Waals surface area contributed by atoms with Crippen molar-refractivity contribution in [2.24, 2.45) is 0 Å². The maximum Gasteiger partial charge on any atom is 0.238 e. The van der Waals surface area contributed by atoms with Crippen LogP contribution in [0, 0.1) is 5.82 Å². The van der Waals surface area contributed by atoms with E-state index in [2.05, 4.69) is 10.6 Å². The van der Waals surface area contributed by atoms with Crippen LogP contribution in [0.2, 0.25) is 0 Å². The van der Waals surface area contributed by atoms with Crippen molar-refractivity contribution >= 4 is 17.5 Å². The number of anilines is 1. The molecule has 7 heteroatoms. The second-order valence-electron chi connectivity index (χ2n) is 6.69. The minimum absolute atomic E-state index is 0.0975. The smallest absolute Gasteiger partial charge is 0.238 e. The molecule has 2 aromatic carbocycles. The summed E-state index contributed by atoms with van der Waals surface area (Å²) >= 11 is 0. The largest absolute Gasteiger partial charge is 0.497 e. The number of rotatable bonds is 10. The van der Waals surface area contributed by atoms with Gasteiger partial charge in [-0.15, -0.1) is 0 Å². The average molecular weight is 401 g/mol. The van der Waals surface area contributed by atoms with Gasteiger partial charge in [-0.25, -0.2) is 4.39 Å². The first kappa shape index (κ1) is 22.4. The molecule has 0 bridgehead atoms. The van der Waals surface area contributed by atoms with E-state index in [9.17, 15) is 14.0 Å². The highest BCUT2D eigenvalue weighted by Gasteiger charge is 2.22. The normalized spacial score (nSPS) is 11.8. The molecule has 29 heavy (non-hydrogen) atoms. The number of nitrogens with one attached hydrogen (secondary N) is 2. The van der Waals surface area contributed by atoms with E-state index < -0.39 is 6.04 Å². The summed E-state index contributed by atoms with van der Waals surface area (Å²) in [7, 11) is 1.57. The lowest BCUT2D eigenvalue weighted by molar-refractivity contribution is -0.127. The van der Waals surface area contributed by atoms with Gasteiger partial charge in [-0.2, -0.15) is 0 Å². The van der Waals surface area contributed by atoms with Crippen molar-refractivity contribution in [2.45, 2.75) is 26.3 Å². The van der Waals surface area contributed by atoms with E-state index in [1.54, 1.807) is 55.3 Å². The predicted molar refractivity (Wildman–Crippen MR) is 111 cm³/mol. The molecular weight excluding hydrogens is 373 g/mol. The number of carbonyl (C=O) groups excluding carboxylic acids is 2. The molecule has 0 saturated carbocycles. The minimum Gasteiger partial charge on any atom is -0.497 e. The molecule has 0 fully saturated rings. The zero-order chi connectivity index (χ0) is 21.2. The van der Waals surface area contributed by atoms with Gasteiger partial charge in [-0.1, -0.05) is 25.1 Å². The Balaban J connectivity index is 1.82. The Labute approximate surface area is 171 Å². The maximum atomic E-state index is 12.9. The molecule has 2 N–H and O–H groups in total. The zero-order valence-electron chi connectivity index (χ0n) is 17.1. The second-order valence-corrected chi connectivity index (χ2v) is 6.69. The predicted octanol–water partition coefficient (Wildman–Crippen LogP) is 2.84. The molecule has 2 aromatic rings. The van der Waals surface area contributed by atoms with E-state index in [0.717, 1.165) is 5.56 Å². The summed E-state index contributed by atoms with van der Waals surface area (Å²) in [6.45, 7) is 4.78. The molecule has 0 saturated heterocycles. The lowest BCUT2D eigenvalue weighted by Crippen LogP contribution is -2.48. The third kappa shape index (κ3) is 7.19. The molecule has 1 atom stereocenters. The van der Waals surface area contributed by atoms with Crippen LogP contribution >= 0.6 is 0 Å². The first-order valence-corrected chi connectivity index (χ1v) is 9.63. The first-order chi connectivity index (χ1) is 13.9. The topological polar surface area (TPSA) is 70.7 Å². The number of likely N-dealkylation sites (N-methyl/N-ethyl adjacent to an activating group) is 1. The van der Waals surface area contributed by atoms with Gasteiger partial charge in [0, 0.05) is 18.3 Å². The van der Waals surface area contributed by atoms with E-state index in [-0.39, 0.29) is 24.2 Å². The summed E-state index contributed by atoms with van der Waals surface area (Å²) in [6, 6.07) is 12.9. The van der Waals surface area contributed by atoms with Gasteiger partial charge in [-0.3, -0.25) is 14.5 Å². The molecule has 0 radical (unpaired) electrons. The lowest BCUT2D eigenvalue weighted by Gasteiger charge is -2.26. The number of benzene rings is 2. The molecule has 2 rings (SSSR count). The Hall–Kier alpha value is -2.93. The summed E-state index contributed by atoms with van der Waals surface area (Å²) in [4.78, 5) is 26.6. The first-order valence-electron chi connectivity index (χ1n) is 9.63. The Bertz CT molecular complexity index is 811. The third-order valence-electron chi connectivity index (χ3n) is 4.66. The van der Waals surface area contributed by atoms with Crippen LogP contribution in [0.25, 0.3) is 0 Å². The van der Waals surface area contributed by atoms with Gasteiger partial charge < -0.3 is 15.4 Å². The van der Waals surface area contributed by atoms with Crippen molar-refractivity contribution in [3.63, 3.8) is 0 Å². The summed E-state index contributed by atoms with van der Waals surface area (Å²) in [6.07, 6.45) is 0.612. The van der Waals surface area contributed by atoms with Crippen LogP contribution in [0.3, 0.4) is 0 Å². The van der Waals surface area contributed by atoms with Crippen molar-refractivity contribution in [2.75, 3.05) is 32.1 Å². The quantitative estimate of drug-likeness (QED) is 0.642. The van der Waals surface area contributed by atoms with E-state index in [1.165, 1.54) is 12.1 Å². The number of amides is 2. The van der Waals surface area contributed by atoms with Gasteiger partial charge >= 0.3 is 0 Å². The number of carbonyl (C=O) groups is 2. The molecule has 0 aliphatic carbocycles. The van der Waals surface area contributed by atoms with Gasteiger partial charge in [0.25, 0.3) is 0 Å². The highest BCUT2D eigenvalue weighted by molar-refractivity contribution is 5.93. The Morgan fingerprint density at radius 1 is 1.17 bits per heavy atom. The van der Waals surface area contributed by atoms with Crippen molar-refractivity contribution in [3.05, 3.63) is 59.9 Å². The van der Waals surface area contributed by atoms with Crippen LogP contribution in [0.5, 0.6) is 5.75 Å². The molecule has 0 aliphatic rings. The summed E-state index contributed by atoms with van der Waals surface area (Å²) in [5.41, 5.74) is 1.59. The van der Waals surface area contributed by atoms with E-state index in [4.69, 9.17) is 4.74 Å². The van der Waals surface area contributed by atoms with E-state index in [1.807, 2.05) is 6.92 Å². The van der Waals surface area contributed by atoms with Gasteiger partial charge in [0.2, 0.25) is 11.8 Å². The Morgan fingerprint density at radius 3 is 2.55 bits per heavy atom. The van der Waals surface area contributed by atoms with Crippen LogP contribution in [0.4, 0.5) is 10.1 Å². The van der Waals surface area contributed by atoms with Crippen LogP contribution in [-0.4, -0.2) is 49.5 Å². The van der Waals surface area contributed by atoms with E-state index in [0.29, 0.717) is 30.9 Å². The highest BCUT2D eigenvalue weighted by Crippen LogP contribution is 2.16. The SMILES string of the molecule is CCN(CC(=O)Nc1cccc(OC)c1)C(C)C(=O)NCCc1ccc(F)cc1. The number of ether oxygens (including phenoxy) is 1. The fourth-order valence-electron chi connectivity index (χ4n) is 2.90. The molecule has 2 amide bonds. The maximum absolute atomic E-state index is 12.9. The Kier molecular flexibility index (Phi) is 8.61. The van der Waals surface area contributed by atoms with Gasteiger partial charge in [0.1, 0.15) is 11.6 Å². The summed E-state index contributed by atoms with van der Waals surface area (Å²) in [5, 5.41) is 5.70. The van der Waals surface area contributed by atoms with Crippen LogP contribution in [-0.2, 0) is 16.0 Å². The van der Waals surface area contributed by atoms with Crippen molar-refractivity contribution < 1.29 is 18.7 Å². The van der Waals surface area contributed by atoms with Crippen molar-refractivity contribution in [1.29, 1.82) is 0 Å². The van der Waals surface area contributed by atoms with E-state index >= 15 is 0 Å². The molecule has 0 spiro atoms. The van der Waals surface area contributed by atoms with Crippen molar-refractivity contribution in [3.8, 4) is 5.75 Å². The fourth-order valence-corrected chi connectivity index (χ4v) is 2.90.